The van der Waals surface area contributed by atoms with Crippen molar-refractivity contribution < 1.29 is 29.3 Å². The summed E-state index contributed by atoms with van der Waals surface area (Å²) in [6.45, 7) is 1.15. The van der Waals surface area contributed by atoms with Crippen LogP contribution < -0.4 is 9.47 Å². The molecule has 0 aliphatic heterocycles. The third-order valence-electron chi connectivity index (χ3n) is 3.43. The standard InChI is InChI=1S/C18H26O6/c19-17(20)7-3-1-5-13-23-15-9-11-16(12-10-15)24-14-6-2-4-8-18(21)22/h9-12H,1-8,13-14H2,(H,19,20)(H,21,22). The lowest BCUT2D eigenvalue weighted by Gasteiger charge is -2.08. The molecule has 0 saturated heterocycles. The molecule has 134 valence electrons. The van der Waals surface area contributed by atoms with Crippen LogP contribution in [0.1, 0.15) is 51.4 Å². The van der Waals surface area contributed by atoms with Gasteiger partial charge in [0.25, 0.3) is 0 Å². The van der Waals surface area contributed by atoms with E-state index in [1.807, 2.05) is 24.3 Å². The maximum atomic E-state index is 10.4. The number of aliphatic carboxylic acids is 2. The van der Waals surface area contributed by atoms with E-state index in [1.54, 1.807) is 0 Å². The van der Waals surface area contributed by atoms with Crippen molar-refractivity contribution in [3.8, 4) is 11.5 Å². The van der Waals surface area contributed by atoms with E-state index in [-0.39, 0.29) is 12.8 Å². The van der Waals surface area contributed by atoms with E-state index in [0.717, 1.165) is 37.2 Å². The van der Waals surface area contributed by atoms with Crippen molar-refractivity contribution in [2.45, 2.75) is 51.4 Å². The molecule has 0 fully saturated rings. The second-order valence-electron chi connectivity index (χ2n) is 5.58. The molecule has 2 N–H and O–H groups in total. The highest BCUT2D eigenvalue weighted by Gasteiger charge is 2.00. The summed E-state index contributed by atoms with van der Waals surface area (Å²) in [7, 11) is 0. The predicted octanol–water partition coefficient (Wildman–Crippen LogP) is 3.73. The Hall–Kier alpha value is -2.24. The lowest BCUT2D eigenvalue weighted by molar-refractivity contribution is -0.138. The van der Waals surface area contributed by atoms with Crippen LogP contribution in [0.3, 0.4) is 0 Å². The normalized spacial score (nSPS) is 10.3. The summed E-state index contributed by atoms with van der Waals surface area (Å²) in [6.07, 6.45) is 5.13. The lowest BCUT2D eigenvalue weighted by atomic mass is 10.2. The van der Waals surface area contributed by atoms with Gasteiger partial charge in [0, 0.05) is 12.8 Å². The summed E-state index contributed by atoms with van der Waals surface area (Å²) in [5, 5.41) is 17.1. The fourth-order valence-electron chi connectivity index (χ4n) is 2.12. The van der Waals surface area contributed by atoms with Crippen molar-refractivity contribution in [1.82, 2.24) is 0 Å². The average Bonchev–Trinajstić information content (AvgIpc) is 2.54. The molecule has 0 aliphatic carbocycles. The van der Waals surface area contributed by atoms with Crippen molar-refractivity contribution in [2.75, 3.05) is 13.2 Å². The van der Waals surface area contributed by atoms with Gasteiger partial charge in [-0.05, 0) is 62.8 Å². The second kappa shape index (κ2) is 12.2. The average molecular weight is 338 g/mol. The Morgan fingerprint density at radius 3 is 1.38 bits per heavy atom. The number of benzene rings is 1. The molecular formula is C18H26O6. The first kappa shape index (κ1) is 19.8. The highest BCUT2D eigenvalue weighted by molar-refractivity contribution is 5.66. The third kappa shape index (κ3) is 10.5. The molecule has 1 aromatic carbocycles. The van der Waals surface area contributed by atoms with Crippen LogP contribution in [0, 0.1) is 0 Å². The Bertz CT molecular complexity index is 438. The molecule has 6 heteroatoms. The monoisotopic (exact) mass is 338 g/mol. The molecular weight excluding hydrogens is 312 g/mol. The minimum Gasteiger partial charge on any atom is -0.494 e. The highest BCUT2D eigenvalue weighted by Crippen LogP contribution is 2.18. The van der Waals surface area contributed by atoms with Gasteiger partial charge in [-0.1, -0.05) is 0 Å². The zero-order chi connectivity index (χ0) is 17.6. The van der Waals surface area contributed by atoms with E-state index in [9.17, 15) is 9.59 Å². The van der Waals surface area contributed by atoms with Gasteiger partial charge in [0.15, 0.2) is 0 Å². The fraction of sp³-hybridized carbons (Fsp3) is 0.556. The van der Waals surface area contributed by atoms with Crippen molar-refractivity contribution in [2.24, 2.45) is 0 Å². The van der Waals surface area contributed by atoms with Gasteiger partial charge in [-0.25, -0.2) is 0 Å². The molecule has 0 spiro atoms. The Kier molecular flexibility index (Phi) is 10.1. The number of carboxylic acid groups (broad SMARTS) is 2. The van der Waals surface area contributed by atoms with E-state index in [0.29, 0.717) is 26.1 Å². The first-order valence-corrected chi connectivity index (χ1v) is 8.37. The quantitative estimate of drug-likeness (QED) is 0.502. The number of carbonyl (C=O) groups is 2. The van der Waals surface area contributed by atoms with Crippen molar-refractivity contribution in [3.05, 3.63) is 24.3 Å². The maximum Gasteiger partial charge on any atom is 0.303 e. The first-order chi connectivity index (χ1) is 11.6. The van der Waals surface area contributed by atoms with Crippen LogP contribution in [0.4, 0.5) is 0 Å². The minimum absolute atomic E-state index is 0.211. The van der Waals surface area contributed by atoms with Gasteiger partial charge in [0.2, 0.25) is 0 Å². The summed E-state index contributed by atoms with van der Waals surface area (Å²) >= 11 is 0. The number of hydrogen-bond donors (Lipinski definition) is 2. The summed E-state index contributed by atoms with van der Waals surface area (Å²) in [5.41, 5.74) is 0. The van der Waals surface area contributed by atoms with Crippen molar-refractivity contribution >= 4 is 11.9 Å². The van der Waals surface area contributed by atoms with Gasteiger partial charge in [-0.3, -0.25) is 9.59 Å². The molecule has 0 atom stereocenters. The molecule has 0 radical (unpaired) electrons. The van der Waals surface area contributed by atoms with E-state index < -0.39 is 11.9 Å². The molecule has 0 unspecified atom stereocenters. The Balaban J connectivity index is 2.08. The summed E-state index contributed by atoms with van der Waals surface area (Å²) in [6, 6.07) is 7.38. The number of unbranched alkanes of at least 4 members (excludes halogenated alkanes) is 4. The van der Waals surface area contributed by atoms with Crippen LogP contribution in [0.5, 0.6) is 11.5 Å². The largest absolute Gasteiger partial charge is 0.494 e. The van der Waals surface area contributed by atoms with Crippen LogP contribution in [-0.4, -0.2) is 35.4 Å². The minimum atomic E-state index is -0.756. The Morgan fingerprint density at radius 1 is 0.667 bits per heavy atom. The van der Waals surface area contributed by atoms with Gasteiger partial charge in [0.05, 0.1) is 13.2 Å². The van der Waals surface area contributed by atoms with Crippen molar-refractivity contribution in [1.29, 1.82) is 0 Å². The van der Waals surface area contributed by atoms with Crippen LogP contribution >= 0.6 is 0 Å². The molecule has 1 rings (SSSR count). The lowest BCUT2D eigenvalue weighted by Crippen LogP contribution is -2.00. The SMILES string of the molecule is O=C(O)CCCCCOc1ccc(OCCCCCC(=O)O)cc1. The van der Waals surface area contributed by atoms with Gasteiger partial charge >= 0.3 is 11.9 Å². The summed E-state index contributed by atoms with van der Waals surface area (Å²) in [5.74, 6) is 0.0193. The molecule has 0 bridgehead atoms. The van der Waals surface area contributed by atoms with Gasteiger partial charge in [0.1, 0.15) is 11.5 Å². The van der Waals surface area contributed by atoms with Crippen LogP contribution in [-0.2, 0) is 9.59 Å². The predicted molar refractivity (Wildman–Crippen MR) is 89.6 cm³/mol. The van der Waals surface area contributed by atoms with Crippen molar-refractivity contribution in [3.63, 3.8) is 0 Å². The molecule has 0 amide bonds. The molecule has 0 saturated carbocycles. The topological polar surface area (TPSA) is 93.1 Å². The molecule has 6 nitrogen and oxygen atoms in total. The highest BCUT2D eigenvalue weighted by atomic mass is 16.5. The number of rotatable bonds is 14. The molecule has 0 heterocycles. The molecule has 1 aromatic rings. The number of carboxylic acids is 2. The first-order valence-electron chi connectivity index (χ1n) is 8.37. The Morgan fingerprint density at radius 2 is 1.04 bits per heavy atom. The van der Waals surface area contributed by atoms with Crippen LogP contribution in [0.25, 0.3) is 0 Å². The summed E-state index contributed by atoms with van der Waals surface area (Å²) in [4.78, 5) is 20.7. The smallest absolute Gasteiger partial charge is 0.303 e. The molecule has 0 aromatic heterocycles. The zero-order valence-corrected chi connectivity index (χ0v) is 13.9. The van der Waals surface area contributed by atoms with E-state index >= 15 is 0 Å². The Labute approximate surface area is 142 Å². The van der Waals surface area contributed by atoms with Crippen LogP contribution in [0.15, 0.2) is 24.3 Å². The van der Waals surface area contributed by atoms with Gasteiger partial charge in [-0.15, -0.1) is 0 Å². The zero-order valence-electron chi connectivity index (χ0n) is 13.9. The number of ether oxygens (including phenoxy) is 2. The van der Waals surface area contributed by atoms with Gasteiger partial charge in [-0.2, -0.15) is 0 Å². The van der Waals surface area contributed by atoms with Crippen LogP contribution in [0.2, 0.25) is 0 Å². The maximum absolute atomic E-state index is 10.4. The van der Waals surface area contributed by atoms with E-state index in [2.05, 4.69) is 0 Å². The summed E-state index contributed by atoms with van der Waals surface area (Å²) < 4.78 is 11.2. The van der Waals surface area contributed by atoms with E-state index in [4.69, 9.17) is 19.7 Å². The van der Waals surface area contributed by atoms with Gasteiger partial charge < -0.3 is 19.7 Å². The second-order valence-corrected chi connectivity index (χ2v) is 5.58. The number of hydrogen-bond acceptors (Lipinski definition) is 4. The fourth-order valence-corrected chi connectivity index (χ4v) is 2.12. The van der Waals surface area contributed by atoms with E-state index in [1.165, 1.54) is 0 Å². The molecule has 0 aliphatic rings. The third-order valence-corrected chi connectivity index (χ3v) is 3.43. The molecule has 24 heavy (non-hydrogen) atoms.